The van der Waals surface area contributed by atoms with Crippen LogP contribution in [0.4, 0.5) is 5.69 Å². The zero-order valence-electron chi connectivity index (χ0n) is 18.8. The number of carbonyl (C=O) groups excluding carboxylic acids is 2. The number of hydrogen-bond donors (Lipinski definition) is 1. The third-order valence-corrected chi connectivity index (χ3v) is 7.42. The van der Waals surface area contributed by atoms with Gasteiger partial charge in [-0.2, -0.15) is 0 Å². The summed E-state index contributed by atoms with van der Waals surface area (Å²) in [5, 5.41) is 3.90. The highest BCUT2D eigenvalue weighted by atomic mass is 35.5. The van der Waals surface area contributed by atoms with E-state index in [9.17, 15) is 18.0 Å². The molecule has 0 aliphatic rings. The number of hydrogen-bond acceptors (Lipinski definition) is 4. The highest BCUT2D eigenvalue weighted by molar-refractivity contribution is 7.92. The van der Waals surface area contributed by atoms with E-state index in [0.717, 1.165) is 10.6 Å². The van der Waals surface area contributed by atoms with Gasteiger partial charge in [0, 0.05) is 41.6 Å². The molecule has 2 rings (SSSR count). The summed E-state index contributed by atoms with van der Waals surface area (Å²) < 4.78 is 25.9. The molecular weight excluding hydrogens is 544 g/mol. The van der Waals surface area contributed by atoms with Gasteiger partial charge in [-0.25, -0.2) is 8.42 Å². The van der Waals surface area contributed by atoms with E-state index in [1.54, 1.807) is 31.2 Å². The van der Waals surface area contributed by atoms with Crippen LogP contribution >= 0.6 is 46.4 Å². The summed E-state index contributed by atoms with van der Waals surface area (Å²) >= 11 is 24.4. The molecule has 12 heteroatoms. The molecule has 2 amide bonds. The molecule has 34 heavy (non-hydrogen) atoms. The lowest BCUT2D eigenvalue weighted by molar-refractivity contribution is -0.140. The molecule has 1 atom stereocenters. The molecule has 0 unspecified atom stereocenters. The second-order valence-corrected chi connectivity index (χ2v) is 11.2. The smallest absolute Gasteiger partial charge is 0.242 e. The first kappa shape index (κ1) is 28.5. The minimum absolute atomic E-state index is 0.00542. The fraction of sp³-hybridized carbons (Fsp3) is 0.364. The van der Waals surface area contributed by atoms with E-state index in [2.05, 4.69) is 5.32 Å². The number of carbonyl (C=O) groups is 2. The van der Waals surface area contributed by atoms with Gasteiger partial charge in [-0.3, -0.25) is 13.9 Å². The largest absolute Gasteiger partial charge is 0.357 e. The molecule has 0 aliphatic heterocycles. The predicted octanol–water partition coefficient (Wildman–Crippen LogP) is 5.01. The van der Waals surface area contributed by atoms with Gasteiger partial charge in [0.25, 0.3) is 0 Å². The topological polar surface area (TPSA) is 86.8 Å². The van der Waals surface area contributed by atoms with Gasteiger partial charge < -0.3 is 10.2 Å². The first-order valence-electron chi connectivity index (χ1n) is 10.2. The zero-order chi connectivity index (χ0) is 25.6. The zero-order valence-corrected chi connectivity index (χ0v) is 22.7. The van der Waals surface area contributed by atoms with E-state index in [1.165, 1.54) is 24.1 Å². The second kappa shape index (κ2) is 12.3. The van der Waals surface area contributed by atoms with Crippen molar-refractivity contribution in [1.29, 1.82) is 0 Å². The number of rotatable bonds is 10. The molecule has 2 aromatic carbocycles. The number of sulfonamides is 1. The van der Waals surface area contributed by atoms with E-state index in [0.29, 0.717) is 20.6 Å². The van der Waals surface area contributed by atoms with Gasteiger partial charge in [0.05, 0.1) is 17.0 Å². The Morgan fingerprint density at radius 2 is 1.62 bits per heavy atom. The number of anilines is 1. The standard InChI is InChI=1S/C22H25Cl4N3O4S/c1-14(22(31)27-2)28(13-15-6-7-16(23)11-19(15)26)21(30)5-4-10-29(34(3,32)33)20-12-17(24)8-9-18(20)25/h6-9,11-12,14H,4-5,10,13H2,1-3H3,(H,27,31)/t14-/m0/s1. The van der Waals surface area contributed by atoms with Crippen LogP contribution in [0.25, 0.3) is 0 Å². The third-order valence-electron chi connectivity index (χ3n) is 5.10. The van der Waals surface area contributed by atoms with Crippen LogP contribution < -0.4 is 9.62 Å². The molecular formula is C22H25Cl4N3O4S. The molecule has 7 nitrogen and oxygen atoms in total. The van der Waals surface area contributed by atoms with Crippen LogP contribution in [0.3, 0.4) is 0 Å². The summed E-state index contributed by atoms with van der Waals surface area (Å²) in [6.07, 6.45) is 1.21. The van der Waals surface area contributed by atoms with E-state index >= 15 is 0 Å². The second-order valence-electron chi connectivity index (χ2n) is 7.58. The summed E-state index contributed by atoms with van der Waals surface area (Å²) in [4.78, 5) is 26.8. The van der Waals surface area contributed by atoms with E-state index in [4.69, 9.17) is 46.4 Å². The van der Waals surface area contributed by atoms with Crippen LogP contribution in [-0.4, -0.2) is 51.0 Å². The van der Waals surface area contributed by atoms with E-state index in [1.807, 2.05) is 0 Å². The van der Waals surface area contributed by atoms with Crippen LogP contribution in [0, 0.1) is 0 Å². The monoisotopic (exact) mass is 567 g/mol. The van der Waals surface area contributed by atoms with E-state index in [-0.39, 0.29) is 48.5 Å². The molecule has 0 saturated heterocycles. The highest BCUT2D eigenvalue weighted by Crippen LogP contribution is 2.31. The van der Waals surface area contributed by atoms with Gasteiger partial charge in [0.1, 0.15) is 6.04 Å². The molecule has 186 valence electrons. The Balaban J connectivity index is 2.21. The maximum atomic E-state index is 13.1. The minimum atomic E-state index is -3.70. The molecule has 0 aromatic heterocycles. The molecule has 0 bridgehead atoms. The van der Waals surface area contributed by atoms with Crippen molar-refractivity contribution in [1.82, 2.24) is 10.2 Å². The average molecular weight is 569 g/mol. The number of likely N-dealkylation sites (N-methyl/N-ethyl adjacent to an activating group) is 1. The lowest BCUT2D eigenvalue weighted by atomic mass is 10.1. The van der Waals surface area contributed by atoms with Crippen molar-refractivity contribution in [2.45, 2.75) is 32.4 Å². The minimum Gasteiger partial charge on any atom is -0.357 e. The molecule has 0 fully saturated rings. The molecule has 2 aromatic rings. The average Bonchev–Trinajstić information content (AvgIpc) is 2.76. The molecule has 0 radical (unpaired) electrons. The Labute approximate surface area is 220 Å². The molecule has 0 aliphatic carbocycles. The summed E-state index contributed by atoms with van der Waals surface area (Å²) in [6, 6.07) is 8.63. The molecule has 0 heterocycles. The quantitative estimate of drug-likeness (QED) is 0.436. The Hall–Kier alpha value is -1.71. The Morgan fingerprint density at radius 1 is 1.00 bits per heavy atom. The number of nitrogens with zero attached hydrogens (tertiary/aromatic N) is 2. The summed E-state index contributed by atoms with van der Waals surface area (Å²) in [5.74, 6) is -0.685. The summed E-state index contributed by atoms with van der Waals surface area (Å²) in [5.41, 5.74) is 0.853. The molecule has 1 N–H and O–H groups in total. The third kappa shape index (κ3) is 7.65. The SMILES string of the molecule is CNC(=O)[C@H](C)N(Cc1ccc(Cl)cc1Cl)C(=O)CCCN(c1cc(Cl)ccc1Cl)S(C)(=O)=O. The van der Waals surface area contributed by atoms with E-state index < -0.39 is 16.1 Å². The fourth-order valence-electron chi connectivity index (χ4n) is 3.28. The molecule has 0 spiro atoms. The van der Waals surface area contributed by atoms with Crippen molar-refractivity contribution in [2.75, 3.05) is 24.2 Å². The van der Waals surface area contributed by atoms with Crippen molar-refractivity contribution >= 4 is 73.9 Å². The van der Waals surface area contributed by atoms with Crippen molar-refractivity contribution in [2.24, 2.45) is 0 Å². The molecule has 0 saturated carbocycles. The summed E-state index contributed by atoms with van der Waals surface area (Å²) in [7, 11) is -2.21. The predicted molar refractivity (Wildman–Crippen MR) is 138 cm³/mol. The van der Waals surface area contributed by atoms with Crippen LogP contribution in [0.2, 0.25) is 20.1 Å². The van der Waals surface area contributed by atoms with Gasteiger partial charge >= 0.3 is 0 Å². The van der Waals surface area contributed by atoms with Gasteiger partial charge in [-0.15, -0.1) is 0 Å². The fourth-order valence-corrected chi connectivity index (χ4v) is 5.16. The summed E-state index contributed by atoms with van der Waals surface area (Å²) in [6.45, 7) is 1.68. The normalized spacial score (nSPS) is 12.2. The first-order valence-corrected chi connectivity index (χ1v) is 13.6. The van der Waals surface area contributed by atoms with Crippen molar-refractivity contribution < 1.29 is 18.0 Å². The Bertz CT molecular complexity index is 1160. The maximum absolute atomic E-state index is 13.1. The Morgan fingerprint density at radius 3 is 2.21 bits per heavy atom. The number of amides is 2. The lowest BCUT2D eigenvalue weighted by Crippen LogP contribution is -2.46. The van der Waals surface area contributed by atoms with Crippen molar-refractivity contribution in [3.05, 3.63) is 62.1 Å². The maximum Gasteiger partial charge on any atom is 0.242 e. The van der Waals surface area contributed by atoms with Gasteiger partial charge in [-0.05, 0) is 49.2 Å². The number of halogens is 4. The highest BCUT2D eigenvalue weighted by Gasteiger charge is 2.27. The van der Waals surface area contributed by atoms with Gasteiger partial charge in [-0.1, -0.05) is 52.5 Å². The van der Waals surface area contributed by atoms with Crippen molar-refractivity contribution in [3.63, 3.8) is 0 Å². The first-order chi connectivity index (χ1) is 15.8. The Kier molecular flexibility index (Phi) is 10.3. The van der Waals surface area contributed by atoms with Gasteiger partial charge in [0.2, 0.25) is 21.8 Å². The van der Waals surface area contributed by atoms with Crippen LogP contribution in [-0.2, 0) is 26.2 Å². The van der Waals surface area contributed by atoms with Crippen LogP contribution in [0.1, 0.15) is 25.3 Å². The number of benzene rings is 2. The van der Waals surface area contributed by atoms with Crippen molar-refractivity contribution in [3.8, 4) is 0 Å². The van der Waals surface area contributed by atoms with Crippen LogP contribution in [0.5, 0.6) is 0 Å². The number of nitrogens with one attached hydrogen (secondary N) is 1. The van der Waals surface area contributed by atoms with Gasteiger partial charge in [0.15, 0.2) is 0 Å². The van der Waals surface area contributed by atoms with Crippen LogP contribution in [0.15, 0.2) is 36.4 Å². The lowest BCUT2D eigenvalue weighted by Gasteiger charge is -2.29.